The van der Waals surface area contributed by atoms with Crippen molar-refractivity contribution in [1.82, 2.24) is 4.90 Å². The minimum Gasteiger partial charge on any atom is -0.390 e. The van der Waals surface area contributed by atoms with Gasteiger partial charge >= 0.3 is 0 Å². The Kier molecular flexibility index (Phi) is 3.37. The van der Waals surface area contributed by atoms with E-state index in [2.05, 4.69) is 15.9 Å². The summed E-state index contributed by atoms with van der Waals surface area (Å²) in [5.41, 5.74) is -0.604. The Labute approximate surface area is 107 Å². The van der Waals surface area contributed by atoms with Crippen molar-refractivity contribution in [2.75, 3.05) is 13.1 Å². The van der Waals surface area contributed by atoms with E-state index in [9.17, 15) is 9.90 Å². The van der Waals surface area contributed by atoms with Gasteiger partial charge in [-0.15, -0.1) is 11.3 Å². The molecular weight excluding hydrogens is 290 g/mol. The predicted molar refractivity (Wildman–Crippen MR) is 67.8 cm³/mol. The minimum atomic E-state index is -0.604. The Morgan fingerprint density at radius 2 is 2.12 bits per heavy atom. The summed E-state index contributed by atoms with van der Waals surface area (Å²) in [6, 6.07) is 3.72. The third kappa shape index (κ3) is 2.64. The van der Waals surface area contributed by atoms with E-state index in [0.717, 1.165) is 8.66 Å². The molecule has 1 amide bonds. The molecule has 88 valence electrons. The first-order valence-electron chi connectivity index (χ1n) is 5.25. The Morgan fingerprint density at radius 1 is 1.50 bits per heavy atom. The van der Waals surface area contributed by atoms with Crippen LogP contribution in [0.2, 0.25) is 0 Å². The quantitative estimate of drug-likeness (QED) is 0.866. The normalized spacial score (nSPS) is 19.8. The first-order chi connectivity index (χ1) is 7.48. The lowest BCUT2D eigenvalue weighted by atomic mass is 9.94. The van der Waals surface area contributed by atoms with Crippen molar-refractivity contribution in [2.45, 2.75) is 25.4 Å². The maximum Gasteiger partial charge on any atom is 0.263 e. The Hall–Kier alpha value is -0.390. The number of thiophene rings is 1. The molecule has 0 spiro atoms. The van der Waals surface area contributed by atoms with E-state index in [-0.39, 0.29) is 5.91 Å². The maximum absolute atomic E-state index is 12.1. The Balaban J connectivity index is 2.02. The largest absolute Gasteiger partial charge is 0.390 e. The van der Waals surface area contributed by atoms with E-state index >= 15 is 0 Å². The number of piperidine rings is 1. The molecule has 1 aliphatic rings. The van der Waals surface area contributed by atoms with E-state index < -0.39 is 5.60 Å². The lowest BCUT2D eigenvalue weighted by molar-refractivity contribution is -0.00187. The average molecular weight is 304 g/mol. The van der Waals surface area contributed by atoms with Crippen LogP contribution in [0.25, 0.3) is 0 Å². The van der Waals surface area contributed by atoms with Crippen molar-refractivity contribution >= 4 is 33.2 Å². The van der Waals surface area contributed by atoms with Gasteiger partial charge in [0.05, 0.1) is 14.3 Å². The number of nitrogens with zero attached hydrogens (tertiary/aromatic N) is 1. The third-order valence-electron chi connectivity index (χ3n) is 2.91. The molecule has 2 rings (SSSR count). The van der Waals surface area contributed by atoms with Gasteiger partial charge < -0.3 is 10.0 Å². The standard InChI is InChI=1S/C11H14BrNO2S/c1-11(15)4-6-13(7-5-11)10(14)8-2-3-9(12)16-8/h2-3,15H,4-7H2,1H3. The number of hydrogen-bond donors (Lipinski definition) is 1. The van der Waals surface area contributed by atoms with Crippen molar-refractivity contribution in [3.63, 3.8) is 0 Å². The molecule has 1 saturated heterocycles. The van der Waals surface area contributed by atoms with Crippen molar-refractivity contribution in [2.24, 2.45) is 0 Å². The van der Waals surface area contributed by atoms with Crippen molar-refractivity contribution in [1.29, 1.82) is 0 Å². The first kappa shape index (κ1) is 12.1. The number of amides is 1. The first-order valence-corrected chi connectivity index (χ1v) is 6.86. The van der Waals surface area contributed by atoms with Crippen LogP contribution in [0.1, 0.15) is 29.4 Å². The van der Waals surface area contributed by atoms with Crippen LogP contribution in [-0.2, 0) is 0 Å². The van der Waals surface area contributed by atoms with Crippen LogP contribution >= 0.6 is 27.3 Å². The number of carbonyl (C=O) groups excluding carboxylic acids is 1. The SMILES string of the molecule is CC1(O)CCN(C(=O)c2ccc(Br)s2)CC1. The number of likely N-dealkylation sites (tertiary alicyclic amines) is 1. The van der Waals surface area contributed by atoms with Gasteiger partial charge in [0.25, 0.3) is 5.91 Å². The van der Waals surface area contributed by atoms with Gasteiger partial charge in [-0.25, -0.2) is 0 Å². The molecule has 0 bridgehead atoms. The monoisotopic (exact) mass is 303 g/mol. The molecule has 0 atom stereocenters. The zero-order chi connectivity index (χ0) is 11.8. The summed E-state index contributed by atoms with van der Waals surface area (Å²) in [4.78, 5) is 14.6. The summed E-state index contributed by atoms with van der Waals surface area (Å²) in [6.45, 7) is 3.11. The van der Waals surface area contributed by atoms with Gasteiger partial charge in [-0.05, 0) is 47.8 Å². The minimum absolute atomic E-state index is 0.0752. The topological polar surface area (TPSA) is 40.5 Å². The van der Waals surface area contributed by atoms with Gasteiger partial charge in [-0.2, -0.15) is 0 Å². The van der Waals surface area contributed by atoms with Crippen molar-refractivity contribution < 1.29 is 9.90 Å². The van der Waals surface area contributed by atoms with Gasteiger partial charge in [0, 0.05) is 13.1 Å². The molecule has 3 nitrogen and oxygen atoms in total. The molecule has 0 saturated carbocycles. The molecule has 1 fully saturated rings. The van der Waals surface area contributed by atoms with Crippen LogP contribution in [0.4, 0.5) is 0 Å². The van der Waals surface area contributed by atoms with Crippen LogP contribution in [0.3, 0.4) is 0 Å². The molecule has 0 radical (unpaired) electrons. The molecule has 1 aromatic heterocycles. The summed E-state index contributed by atoms with van der Waals surface area (Å²) in [7, 11) is 0. The van der Waals surface area contributed by atoms with E-state index in [0.29, 0.717) is 25.9 Å². The predicted octanol–water partition coefficient (Wildman–Crippen LogP) is 2.50. The van der Waals surface area contributed by atoms with Crippen LogP contribution in [0, 0.1) is 0 Å². The fourth-order valence-electron chi connectivity index (χ4n) is 1.78. The van der Waals surface area contributed by atoms with Crippen LogP contribution in [-0.4, -0.2) is 34.6 Å². The smallest absolute Gasteiger partial charge is 0.263 e. The fourth-order valence-corrected chi connectivity index (χ4v) is 3.13. The Bertz CT molecular complexity index is 392. The lowest BCUT2D eigenvalue weighted by Gasteiger charge is -2.35. The maximum atomic E-state index is 12.1. The van der Waals surface area contributed by atoms with Gasteiger partial charge in [0.2, 0.25) is 0 Å². The molecule has 0 aromatic carbocycles. The van der Waals surface area contributed by atoms with E-state index in [1.54, 1.807) is 0 Å². The summed E-state index contributed by atoms with van der Waals surface area (Å²) in [5, 5.41) is 9.81. The van der Waals surface area contributed by atoms with Gasteiger partial charge in [0.1, 0.15) is 0 Å². The van der Waals surface area contributed by atoms with Crippen LogP contribution in [0.15, 0.2) is 15.9 Å². The second-order valence-corrected chi connectivity index (χ2v) is 6.86. The number of hydrogen-bond acceptors (Lipinski definition) is 3. The molecule has 16 heavy (non-hydrogen) atoms. The lowest BCUT2D eigenvalue weighted by Crippen LogP contribution is -2.44. The highest BCUT2D eigenvalue weighted by Crippen LogP contribution is 2.26. The zero-order valence-electron chi connectivity index (χ0n) is 9.07. The number of rotatable bonds is 1. The molecule has 1 aromatic rings. The van der Waals surface area contributed by atoms with E-state index in [4.69, 9.17) is 0 Å². The average Bonchev–Trinajstić information content (AvgIpc) is 2.64. The zero-order valence-corrected chi connectivity index (χ0v) is 11.5. The van der Waals surface area contributed by atoms with Crippen molar-refractivity contribution in [3.8, 4) is 0 Å². The molecule has 0 unspecified atom stereocenters. The highest BCUT2D eigenvalue weighted by molar-refractivity contribution is 9.11. The molecular formula is C11H14BrNO2S. The highest BCUT2D eigenvalue weighted by Gasteiger charge is 2.30. The number of halogens is 1. The van der Waals surface area contributed by atoms with Gasteiger partial charge in [-0.3, -0.25) is 4.79 Å². The van der Waals surface area contributed by atoms with E-state index in [1.165, 1.54) is 11.3 Å². The van der Waals surface area contributed by atoms with Gasteiger partial charge in [-0.1, -0.05) is 0 Å². The summed E-state index contributed by atoms with van der Waals surface area (Å²) >= 11 is 4.80. The fraction of sp³-hybridized carbons (Fsp3) is 0.545. The van der Waals surface area contributed by atoms with Crippen LogP contribution < -0.4 is 0 Å². The summed E-state index contributed by atoms with van der Waals surface area (Å²) in [5.74, 6) is 0.0752. The molecule has 1 aliphatic heterocycles. The molecule has 2 heterocycles. The van der Waals surface area contributed by atoms with Crippen molar-refractivity contribution in [3.05, 3.63) is 20.8 Å². The molecule has 5 heteroatoms. The number of carbonyl (C=O) groups is 1. The molecule has 1 N–H and O–H groups in total. The third-order valence-corrected chi connectivity index (χ3v) is 4.52. The second-order valence-electron chi connectivity index (χ2n) is 4.39. The molecule has 0 aliphatic carbocycles. The van der Waals surface area contributed by atoms with E-state index in [1.807, 2.05) is 24.0 Å². The van der Waals surface area contributed by atoms with Crippen LogP contribution in [0.5, 0.6) is 0 Å². The number of aliphatic hydroxyl groups is 1. The van der Waals surface area contributed by atoms with Gasteiger partial charge in [0.15, 0.2) is 0 Å². The highest BCUT2D eigenvalue weighted by atomic mass is 79.9. The Morgan fingerprint density at radius 3 is 2.62 bits per heavy atom. The summed E-state index contributed by atoms with van der Waals surface area (Å²) in [6.07, 6.45) is 1.32. The second kappa shape index (κ2) is 4.47. The summed E-state index contributed by atoms with van der Waals surface area (Å²) < 4.78 is 0.972.